The van der Waals surface area contributed by atoms with Crippen LogP contribution in [0.4, 0.5) is 0 Å². The molecule has 1 amide bonds. The van der Waals surface area contributed by atoms with Crippen molar-refractivity contribution in [2.45, 2.75) is 25.0 Å². The zero-order valence-corrected chi connectivity index (χ0v) is 14.2. The molecule has 0 bridgehead atoms. The second kappa shape index (κ2) is 6.77. The molecule has 0 radical (unpaired) electrons. The molecule has 1 aliphatic rings. The van der Waals surface area contributed by atoms with Crippen LogP contribution in [0.25, 0.3) is 10.8 Å². The molecule has 5 heteroatoms. The number of fused-ring (bicyclic) bond motifs is 1. The van der Waals surface area contributed by atoms with Crippen molar-refractivity contribution in [1.29, 1.82) is 0 Å². The molecule has 3 aromatic rings. The first-order valence-electron chi connectivity index (χ1n) is 8.78. The van der Waals surface area contributed by atoms with Gasteiger partial charge in [-0.2, -0.15) is 0 Å². The summed E-state index contributed by atoms with van der Waals surface area (Å²) in [5.41, 5.74) is 1.26. The van der Waals surface area contributed by atoms with Crippen LogP contribution in [0.5, 0.6) is 0 Å². The maximum Gasteiger partial charge on any atom is 0.255 e. The number of aliphatic hydroxyl groups is 1. The lowest BCUT2D eigenvalue weighted by molar-refractivity contribution is 0.0235. The van der Waals surface area contributed by atoms with E-state index < -0.39 is 0 Å². The van der Waals surface area contributed by atoms with E-state index in [-0.39, 0.29) is 29.5 Å². The number of amides is 1. The largest absolute Gasteiger partial charge is 0.393 e. The Labute approximate surface area is 150 Å². The zero-order chi connectivity index (χ0) is 18.1. The number of pyridine rings is 1. The van der Waals surface area contributed by atoms with Gasteiger partial charge in [-0.3, -0.25) is 9.59 Å². The third-order valence-electron chi connectivity index (χ3n) is 5.12. The van der Waals surface area contributed by atoms with Gasteiger partial charge in [-0.15, -0.1) is 0 Å². The van der Waals surface area contributed by atoms with E-state index in [4.69, 9.17) is 0 Å². The van der Waals surface area contributed by atoms with E-state index in [2.05, 4.69) is 10.3 Å². The van der Waals surface area contributed by atoms with Crippen molar-refractivity contribution in [3.05, 3.63) is 82.3 Å². The van der Waals surface area contributed by atoms with Gasteiger partial charge in [-0.1, -0.05) is 48.5 Å². The Hall–Kier alpha value is -2.92. The van der Waals surface area contributed by atoms with Crippen molar-refractivity contribution in [3.63, 3.8) is 0 Å². The van der Waals surface area contributed by atoms with E-state index in [1.807, 2.05) is 36.4 Å². The van der Waals surface area contributed by atoms with Gasteiger partial charge < -0.3 is 15.4 Å². The molecule has 26 heavy (non-hydrogen) atoms. The number of carbonyl (C=O) groups is 1. The molecule has 1 atom stereocenters. The average molecular weight is 348 g/mol. The summed E-state index contributed by atoms with van der Waals surface area (Å²) in [5.74, 6) is -0.0296. The number of benzene rings is 2. The molecule has 2 aromatic carbocycles. The predicted octanol–water partition coefficient (Wildman–Crippen LogP) is 2.77. The highest BCUT2D eigenvalue weighted by Gasteiger charge is 2.35. The zero-order valence-electron chi connectivity index (χ0n) is 14.2. The van der Waals surface area contributed by atoms with Crippen molar-refractivity contribution < 1.29 is 9.90 Å². The SMILES string of the molecule is O=C(NC(c1ccccc1)C1CC(O)C1)c1c[nH]c(=O)c2ccccc12. The van der Waals surface area contributed by atoms with E-state index in [1.165, 1.54) is 6.20 Å². The minimum Gasteiger partial charge on any atom is -0.393 e. The summed E-state index contributed by atoms with van der Waals surface area (Å²) >= 11 is 0. The van der Waals surface area contributed by atoms with E-state index in [0.29, 0.717) is 29.2 Å². The Morgan fingerprint density at radius 3 is 2.38 bits per heavy atom. The molecular formula is C21H20N2O3. The summed E-state index contributed by atoms with van der Waals surface area (Å²) in [6, 6.07) is 16.7. The summed E-state index contributed by atoms with van der Waals surface area (Å²) in [4.78, 5) is 27.6. The van der Waals surface area contributed by atoms with Crippen LogP contribution in [-0.2, 0) is 0 Å². The summed E-state index contributed by atoms with van der Waals surface area (Å²) < 4.78 is 0. The molecule has 1 fully saturated rings. The number of rotatable bonds is 4. The van der Waals surface area contributed by atoms with Crippen LogP contribution in [0.15, 0.2) is 65.6 Å². The van der Waals surface area contributed by atoms with Gasteiger partial charge in [-0.05, 0) is 30.4 Å². The van der Waals surface area contributed by atoms with Gasteiger partial charge >= 0.3 is 0 Å². The highest BCUT2D eigenvalue weighted by Crippen LogP contribution is 2.38. The highest BCUT2D eigenvalue weighted by atomic mass is 16.3. The molecule has 1 aliphatic carbocycles. The second-order valence-electron chi connectivity index (χ2n) is 6.82. The maximum absolute atomic E-state index is 13.0. The van der Waals surface area contributed by atoms with Crippen molar-refractivity contribution in [3.8, 4) is 0 Å². The lowest BCUT2D eigenvalue weighted by Gasteiger charge is -2.38. The van der Waals surface area contributed by atoms with Gasteiger partial charge in [0.2, 0.25) is 0 Å². The first-order chi connectivity index (χ1) is 12.6. The molecule has 0 saturated heterocycles. The number of aromatic amines is 1. The van der Waals surface area contributed by atoms with Gasteiger partial charge in [0, 0.05) is 17.0 Å². The highest BCUT2D eigenvalue weighted by molar-refractivity contribution is 6.06. The first kappa shape index (κ1) is 16.5. The van der Waals surface area contributed by atoms with Crippen LogP contribution in [0.1, 0.15) is 34.8 Å². The Morgan fingerprint density at radius 2 is 1.69 bits per heavy atom. The number of nitrogens with one attached hydrogen (secondary N) is 2. The van der Waals surface area contributed by atoms with Crippen molar-refractivity contribution in [2.75, 3.05) is 0 Å². The molecule has 3 N–H and O–H groups in total. The topological polar surface area (TPSA) is 82.2 Å². The predicted molar refractivity (Wildman–Crippen MR) is 99.9 cm³/mol. The minimum atomic E-state index is -0.294. The van der Waals surface area contributed by atoms with Crippen LogP contribution in [0.3, 0.4) is 0 Å². The Morgan fingerprint density at radius 1 is 1.04 bits per heavy atom. The average Bonchev–Trinajstić information content (AvgIpc) is 2.65. The normalized spacial score (nSPS) is 20.3. The Bertz CT molecular complexity index is 991. The molecule has 1 unspecified atom stereocenters. The van der Waals surface area contributed by atoms with Gasteiger partial charge in [0.25, 0.3) is 11.5 Å². The fraction of sp³-hybridized carbons (Fsp3) is 0.238. The van der Waals surface area contributed by atoms with Gasteiger partial charge in [0.1, 0.15) is 0 Å². The summed E-state index contributed by atoms with van der Waals surface area (Å²) in [7, 11) is 0. The molecule has 0 spiro atoms. The summed E-state index contributed by atoms with van der Waals surface area (Å²) in [6.07, 6.45) is 2.52. The van der Waals surface area contributed by atoms with E-state index in [0.717, 1.165) is 5.56 Å². The fourth-order valence-corrected chi connectivity index (χ4v) is 3.65. The Kier molecular flexibility index (Phi) is 4.31. The van der Waals surface area contributed by atoms with Crippen LogP contribution in [0.2, 0.25) is 0 Å². The van der Waals surface area contributed by atoms with Crippen LogP contribution >= 0.6 is 0 Å². The number of aliphatic hydroxyl groups excluding tert-OH is 1. The smallest absolute Gasteiger partial charge is 0.255 e. The van der Waals surface area contributed by atoms with Crippen LogP contribution in [0, 0.1) is 5.92 Å². The Balaban J connectivity index is 1.67. The monoisotopic (exact) mass is 348 g/mol. The molecule has 1 saturated carbocycles. The molecule has 1 aromatic heterocycles. The summed E-state index contributed by atoms with van der Waals surface area (Å²) in [6.45, 7) is 0. The van der Waals surface area contributed by atoms with Gasteiger partial charge in [0.05, 0.1) is 17.7 Å². The summed E-state index contributed by atoms with van der Waals surface area (Å²) in [5, 5.41) is 13.9. The van der Waals surface area contributed by atoms with E-state index >= 15 is 0 Å². The molecule has 1 heterocycles. The second-order valence-corrected chi connectivity index (χ2v) is 6.82. The van der Waals surface area contributed by atoms with Crippen molar-refractivity contribution in [2.24, 2.45) is 5.92 Å². The molecule has 4 rings (SSSR count). The lowest BCUT2D eigenvalue weighted by atomic mass is 9.75. The van der Waals surface area contributed by atoms with Crippen LogP contribution < -0.4 is 10.9 Å². The van der Waals surface area contributed by atoms with Crippen molar-refractivity contribution in [1.82, 2.24) is 10.3 Å². The third kappa shape index (κ3) is 3.02. The molecule has 5 nitrogen and oxygen atoms in total. The number of hydrogen-bond donors (Lipinski definition) is 3. The fourth-order valence-electron chi connectivity index (χ4n) is 3.65. The van der Waals surface area contributed by atoms with Gasteiger partial charge in [0.15, 0.2) is 0 Å². The van der Waals surface area contributed by atoms with Crippen molar-refractivity contribution >= 4 is 16.7 Å². The quantitative estimate of drug-likeness (QED) is 0.678. The number of carbonyl (C=O) groups excluding carboxylic acids is 1. The van der Waals surface area contributed by atoms with E-state index in [9.17, 15) is 14.7 Å². The minimum absolute atomic E-state index is 0.169. The molecule has 0 aliphatic heterocycles. The first-order valence-corrected chi connectivity index (χ1v) is 8.78. The van der Waals surface area contributed by atoms with Gasteiger partial charge in [-0.25, -0.2) is 0 Å². The lowest BCUT2D eigenvalue weighted by Crippen LogP contribution is -2.41. The maximum atomic E-state index is 13.0. The molecule has 132 valence electrons. The third-order valence-corrected chi connectivity index (χ3v) is 5.12. The van der Waals surface area contributed by atoms with Crippen LogP contribution in [-0.4, -0.2) is 22.1 Å². The molecular weight excluding hydrogens is 328 g/mol. The number of aromatic nitrogens is 1. The standard InChI is InChI=1S/C21H20N2O3/c24-15-10-14(11-15)19(13-6-2-1-3-7-13)23-21(26)18-12-22-20(25)17-9-5-4-8-16(17)18/h1-9,12,14-15,19,24H,10-11H2,(H,22,25)(H,23,26). The number of H-pyrrole nitrogens is 1. The van der Waals surface area contributed by atoms with E-state index in [1.54, 1.807) is 18.2 Å². The number of hydrogen-bond acceptors (Lipinski definition) is 3.